The molecule has 0 spiro atoms. The number of hydrogen-bond donors (Lipinski definition) is 1. The van der Waals surface area contributed by atoms with Gasteiger partial charge in [0, 0.05) is 18.3 Å². The Bertz CT molecular complexity index is 1680. The second kappa shape index (κ2) is 10.0. The number of ether oxygens (including phenoxy) is 1. The van der Waals surface area contributed by atoms with Crippen molar-refractivity contribution in [3.05, 3.63) is 99.9 Å². The van der Waals surface area contributed by atoms with E-state index < -0.39 is 5.82 Å². The van der Waals surface area contributed by atoms with Crippen LogP contribution < -0.4 is 15.7 Å². The minimum atomic E-state index is -0.528. The predicted octanol–water partition coefficient (Wildman–Crippen LogP) is 5.28. The van der Waals surface area contributed by atoms with Crippen molar-refractivity contribution in [2.45, 2.75) is 33.9 Å². The Balaban J connectivity index is 1.51. The van der Waals surface area contributed by atoms with Crippen LogP contribution in [-0.2, 0) is 25.0 Å². The maximum atomic E-state index is 15.2. The van der Waals surface area contributed by atoms with Gasteiger partial charge in [0.1, 0.15) is 25.1 Å². The van der Waals surface area contributed by atoms with Crippen LogP contribution in [0, 0.1) is 26.6 Å². The van der Waals surface area contributed by atoms with Gasteiger partial charge >= 0.3 is 5.69 Å². The standard InChI is InChI=1S/C29H27FN4O4/c1-17-5-7-21(8-6-17)32-26(35)13-34-25-10-18(2)9-23(27(25)33(4)29(34)36)20-11-19(3)28(24(30)12-20)38-15-22-14-37-16-31-22/h5-12,14,16H,13,15H2,1-4H3,(H,32,35). The SMILES string of the molecule is Cc1ccc(NC(=O)Cn2c(=O)n(C)c3c(-c4cc(C)c(OCc5cocn5)c(F)c4)cc(C)cc32)cc1. The molecule has 1 amide bonds. The van der Waals surface area contributed by atoms with E-state index in [1.54, 1.807) is 14.0 Å². The molecule has 0 saturated heterocycles. The van der Waals surface area contributed by atoms with Gasteiger partial charge in [-0.2, -0.15) is 0 Å². The average Bonchev–Trinajstić information content (AvgIpc) is 3.47. The van der Waals surface area contributed by atoms with Crippen LogP contribution in [0.2, 0.25) is 0 Å². The number of hydrogen-bond acceptors (Lipinski definition) is 5. The van der Waals surface area contributed by atoms with Crippen molar-refractivity contribution in [3.63, 3.8) is 0 Å². The summed E-state index contributed by atoms with van der Waals surface area (Å²) in [4.78, 5) is 30.1. The molecule has 0 fully saturated rings. The first-order valence-electron chi connectivity index (χ1n) is 12.1. The molecule has 8 nitrogen and oxygen atoms in total. The van der Waals surface area contributed by atoms with Crippen LogP contribution in [0.3, 0.4) is 0 Å². The lowest BCUT2D eigenvalue weighted by Gasteiger charge is -2.13. The van der Waals surface area contributed by atoms with E-state index in [4.69, 9.17) is 9.15 Å². The monoisotopic (exact) mass is 514 g/mol. The number of benzene rings is 3. The van der Waals surface area contributed by atoms with E-state index >= 15 is 4.39 Å². The molecule has 0 unspecified atom stereocenters. The number of amides is 1. The average molecular weight is 515 g/mol. The molecular weight excluding hydrogens is 487 g/mol. The van der Waals surface area contributed by atoms with E-state index in [1.165, 1.54) is 27.9 Å². The van der Waals surface area contributed by atoms with Crippen LogP contribution in [0.15, 0.2) is 70.4 Å². The van der Waals surface area contributed by atoms with Crippen LogP contribution in [0.25, 0.3) is 22.2 Å². The Hall–Kier alpha value is -4.66. The van der Waals surface area contributed by atoms with Gasteiger partial charge in [-0.05, 0) is 73.9 Å². The molecule has 0 saturated carbocycles. The van der Waals surface area contributed by atoms with Crippen molar-refractivity contribution in [1.29, 1.82) is 0 Å². The van der Waals surface area contributed by atoms with E-state index in [2.05, 4.69) is 10.3 Å². The summed E-state index contributed by atoms with van der Waals surface area (Å²) in [5.74, 6) is -0.720. The summed E-state index contributed by atoms with van der Waals surface area (Å²) < 4.78 is 28.7. The third-order valence-corrected chi connectivity index (χ3v) is 6.40. The second-order valence-corrected chi connectivity index (χ2v) is 9.39. The Morgan fingerprint density at radius 2 is 1.84 bits per heavy atom. The highest BCUT2D eigenvalue weighted by molar-refractivity contribution is 5.96. The number of rotatable bonds is 7. The Morgan fingerprint density at radius 1 is 1.08 bits per heavy atom. The summed E-state index contributed by atoms with van der Waals surface area (Å²) in [6.45, 7) is 5.54. The first-order chi connectivity index (χ1) is 18.2. The van der Waals surface area contributed by atoms with Crippen LogP contribution in [0.1, 0.15) is 22.4 Å². The molecule has 0 bridgehead atoms. The maximum Gasteiger partial charge on any atom is 0.329 e. The molecule has 2 aromatic heterocycles. The van der Waals surface area contributed by atoms with Gasteiger partial charge in [-0.15, -0.1) is 0 Å². The van der Waals surface area contributed by atoms with Gasteiger partial charge in [0.25, 0.3) is 0 Å². The van der Waals surface area contributed by atoms with Gasteiger partial charge in [-0.3, -0.25) is 13.9 Å². The first-order valence-corrected chi connectivity index (χ1v) is 12.1. The Morgan fingerprint density at radius 3 is 2.53 bits per heavy atom. The summed E-state index contributed by atoms with van der Waals surface area (Å²) in [7, 11) is 1.65. The van der Waals surface area contributed by atoms with Gasteiger partial charge in [0.15, 0.2) is 18.0 Å². The molecular formula is C29H27FN4O4. The van der Waals surface area contributed by atoms with E-state index in [0.717, 1.165) is 11.1 Å². The largest absolute Gasteiger partial charge is 0.484 e. The van der Waals surface area contributed by atoms with Gasteiger partial charge in [0.05, 0.1) is 11.0 Å². The number of carbonyl (C=O) groups is 1. The van der Waals surface area contributed by atoms with Crippen molar-refractivity contribution in [2.75, 3.05) is 5.32 Å². The predicted molar refractivity (Wildman–Crippen MR) is 143 cm³/mol. The molecule has 0 atom stereocenters. The van der Waals surface area contributed by atoms with Crippen LogP contribution >= 0.6 is 0 Å². The molecule has 0 aliphatic rings. The van der Waals surface area contributed by atoms with Crippen molar-refractivity contribution >= 4 is 22.6 Å². The lowest BCUT2D eigenvalue weighted by Crippen LogP contribution is -2.28. The quantitative estimate of drug-likeness (QED) is 0.319. The first kappa shape index (κ1) is 25.0. The van der Waals surface area contributed by atoms with Crippen LogP contribution in [0.4, 0.5) is 10.1 Å². The lowest BCUT2D eigenvalue weighted by atomic mass is 9.99. The number of halogens is 1. The fourth-order valence-electron chi connectivity index (χ4n) is 4.58. The summed E-state index contributed by atoms with van der Waals surface area (Å²) in [6.07, 6.45) is 2.73. The van der Waals surface area contributed by atoms with Gasteiger partial charge < -0.3 is 14.5 Å². The normalized spacial score (nSPS) is 11.2. The zero-order valence-corrected chi connectivity index (χ0v) is 21.5. The minimum absolute atomic E-state index is 0.0737. The summed E-state index contributed by atoms with van der Waals surface area (Å²) in [5, 5.41) is 2.84. The number of fused-ring (bicyclic) bond motifs is 1. The number of imidazole rings is 1. The third-order valence-electron chi connectivity index (χ3n) is 6.40. The van der Waals surface area contributed by atoms with E-state index in [-0.39, 0.29) is 30.5 Å². The molecule has 5 rings (SSSR count). The molecule has 38 heavy (non-hydrogen) atoms. The summed E-state index contributed by atoms with van der Waals surface area (Å²) >= 11 is 0. The summed E-state index contributed by atoms with van der Waals surface area (Å²) in [5.41, 5.74) is 5.90. The third kappa shape index (κ3) is 4.82. The van der Waals surface area contributed by atoms with Crippen molar-refractivity contribution in [3.8, 4) is 16.9 Å². The number of anilines is 1. The number of carbonyl (C=O) groups excluding carboxylic acids is 1. The van der Waals surface area contributed by atoms with Gasteiger partial charge in [-0.1, -0.05) is 17.7 Å². The smallest absolute Gasteiger partial charge is 0.329 e. The molecule has 0 aliphatic carbocycles. The zero-order chi connectivity index (χ0) is 27.0. The van der Waals surface area contributed by atoms with E-state index in [1.807, 2.05) is 56.3 Å². The zero-order valence-electron chi connectivity index (χ0n) is 21.5. The molecule has 1 N–H and O–H groups in total. The highest BCUT2D eigenvalue weighted by Crippen LogP contribution is 2.34. The van der Waals surface area contributed by atoms with Crippen molar-refractivity contribution in [1.82, 2.24) is 14.1 Å². The van der Waals surface area contributed by atoms with Crippen LogP contribution in [-0.4, -0.2) is 20.0 Å². The molecule has 0 radical (unpaired) electrons. The van der Waals surface area contributed by atoms with Crippen molar-refractivity contribution in [2.24, 2.45) is 7.05 Å². The fraction of sp³-hybridized carbons (Fsp3) is 0.207. The summed E-state index contributed by atoms with van der Waals surface area (Å²) in [6, 6.07) is 14.4. The molecule has 194 valence electrons. The topological polar surface area (TPSA) is 91.3 Å². The molecule has 3 aromatic carbocycles. The van der Waals surface area contributed by atoms with E-state index in [0.29, 0.717) is 39.1 Å². The van der Waals surface area contributed by atoms with Crippen LogP contribution in [0.5, 0.6) is 5.75 Å². The minimum Gasteiger partial charge on any atom is -0.484 e. The molecule has 5 aromatic rings. The molecule has 0 aliphatic heterocycles. The second-order valence-electron chi connectivity index (χ2n) is 9.39. The van der Waals surface area contributed by atoms with Gasteiger partial charge in [-0.25, -0.2) is 14.2 Å². The number of nitrogens with zero attached hydrogens (tertiary/aromatic N) is 3. The number of aryl methyl sites for hydroxylation is 4. The Kier molecular flexibility index (Phi) is 6.59. The van der Waals surface area contributed by atoms with Crippen molar-refractivity contribution < 1.29 is 18.3 Å². The highest BCUT2D eigenvalue weighted by atomic mass is 19.1. The Labute approximate surface area is 218 Å². The lowest BCUT2D eigenvalue weighted by molar-refractivity contribution is -0.116. The molecule has 9 heteroatoms. The van der Waals surface area contributed by atoms with E-state index in [9.17, 15) is 9.59 Å². The fourth-order valence-corrected chi connectivity index (χ4v) is 4.58. The highest BCUT2D eigenvalue weighted by Gasteiger charge is 2.20. The molecule has 2 heterocycles. The van der Waals surface area contributed by atoms with Gasteiger partial charge in [0.2, 0.25) is 5.91 Å². The number of aromatic nitrogens is 3. The number of oxazole rings is 1. The number of nitrogens with one attached hydrogen (secondary N) is 1. The maximum absolute atomic E-state index is 15.2.